The SMILES string of the molecule is COc1ccc(CC[C@@H](OC(=O)[C@@H]2CCCCN2C(=O)[C@H](CO)C2CCCCC2)c2cccc(OCCN3CCOCC3)c2)cc1OC. The number of likely N-dealkylation sites (tertiary alicyclic amines) is 1. The third-order valence-electron chi connectivity index (χ3n) is 10.2. The van der Waals surface area contributed by atoms with Gasteiger partial charge in [0.2, 0.25) is 5.91 Å². The number of carbonyl (C=O) groups is 2. The topological polar surface area (TPSA) is 107 Å². The molecule has 10 nitrogen and oxygen atoms in total. The largest absolute Gasteiger partial charge is 0.493 e. The third kappa shape index (κ3) is 9.64. The highest BCUT2D eigenvalue weighted by molar-refractivity contribution is 5.86. The van der Waals surface area contributed by atoms with Crippen molar-refractivity contribution >= 4 is 11.9 Å². The fourth-order valence-electron chi connectivity index (χ4n) is 7.39. The number of aryl methyl sites for hydroxylation is 1. The molecule has 0 radical (unpaired) electrons. The Morgan fingerprint density at radius 3 is 2.44 bits per heavy atom. The molecule has 1 aliphatic carbocycles. The standard InChI is InChI=1S/C38H54N2O8/c1-44-35-17-15-28(25-36(35)45-2)14-16-34(30-11-8-12-31(26-30)47-24-21-39-19-22-46-23-20-39)48-38(43)33-13-6-7-18-40(33)37(42)32(27-41)29-9-4-3-5-10-29/h8,11-12,15,17,25-26,29,32-34,41H,3-7,9-10,13-14,16,18-24,27H2,1-2H3/t32-,33+,34-/m1/s1. The summed E-state index contributed by atoms with van der Waals surface area (Å²) in [7, 11) is 3.23. The number of ether oxygens (including phenoxy) is 5. The van der Waals surface area contributed by atoms with Crippen LogP contribution >= 0.6 is 0 Å². The van der Waals surface area contributed by atoms with Gasteiger partial charge in [-0.1, -0.05) is 37.5 Å². The van der Waals surface area contributed by atoms with Gasteiger partial charge in [0.25, 0.3) is 0 Å². The van der Waals surface area contributed by atoms with E-state index in [4.69, 9.17) is 23.7 Å². The zero-order chi connectivity index (χ0) is 33.7. The van der Waals surface area contributed by atoms with E-state index in [1.165, 1.54) is 6.42 Å². The summed E-state index contributed by atoms with van der Waals surface area (Å²) in [4.78, 5) is 32.0. The molecule has 3 fully saturated rings. The van der Waals surface area contributed by atoms with Crippen molar-refractivity contribution in [3.05, 3.63) is 53.6 Å². The predicted octanol–water partition coefficient (Wildman–Crippen LogP) is 5.20. The molecule has 10 heteroatoms. The highest BCUT2D eigenvalue weighted by atomic mass is 16.5. The van der Waals surface area contributed by atoms with Gasteiger partial charge in [-0.2, -0.15) is 0 Å². The van der Waals surface area contributed by atoms with E-state index >= 15 is 0 Å². The molecule has 2 aromatic rings. The first-order chi connectivity index (χ1) is 23.5. The maximum atomic E-state index is 14.0. The van der Waals surface area contributed by atoms with E-state index in [2.05, 4.69) is 4.90 Å². The van der Waals surface area contributed by atoms with Gasteiger partial charge < -0.3 is 33.7 Å². The number of carbonyl (C=O) groups excluding carboxylic acids is 2. The van der Waals surface area contributed by atoms with Crippen molar-refractivity contribution in [3.8, 4) is 17.2 Å². The van der Waals surface area contributed by atoms with Crippen LogP contribution in [0.4, 0.5) is 0 Å². The maximum absolute atomic E-state index is 14.0. The molecule has 264 valence electrons. The molecule has 0 bridgehead atoms. The van der Waals surface area contributed by atoms with Gasteiger partial charge in [-0.15, -0.1) is 0 Å². The smallest absolute Gasteiger partial charge is 0.329 e. The molecule has 0 unspecified atom stereocenters. The van der Waals surface area contributed by atoms with Crippen LogP contribution in [0.3, 0.4) is 0 Å². The lowest BCUT2D eigenvalue weighted by Gasteiger charge is -2.39. The number of esters is 1. The molecule has 1 amide bonds. The van der Waals surface area contributed by atoms with Crippen LogP contribution in [0.15, 0.2) is 42.5 Å². The molecule has 48 heavy (non-hydrogen) atoms. The minimum atomic E-state index is -0.666. The van der Waals surface area contributed by atoms with E-state index in [0.717, 1.165) is 88.2 Å². The summed E-state index contributed by atoms with van der Waals surface area (Å²) < 4.78 is 28.9. The van der Waals surface area contributed by atoms with E-state index in [9.17, 15) is 14.7 Å². The Morgan fingerprint density at radius 1 is 0.917 bits per heavy atom. The van der Waals surface area contributed by atoms with Gasteiger partial charge in [-0.05, 0) is 86.3 Å². The number of morpholine rings is 1. The van der Waals surface area contributed by atoms with Gasteiger partial charge in [-0.25, -0.2) is 4.79 Å². The first-order valence-electron chi connectivity index (χ1n) is 17.9. The Labute approximate surface area is 285 Å². The third-order valence-corrected chi connectivity index (χ3v) is 10.2. The number of hydrogen-bond acceptors (Lipinski definition) is 9. The normalized spacial score (nSPS) is 20.5. The second-order valence-corrected chi connectivity index (χ2v) is 13.3. The second-order valence-electron chi connectivity index (χ2n) is 13.3. The molecule has 2 aromatic carbocycles. The molecular formula is C38H54N2O8. The summed E-state index contributed by atoms with van der Waals surface area (Å²) in [5.74, 6) is 1.22. The molecular weight excluding hydrogens is 612 g/mol. The van der Waals surface area contributed by atoms with Crippen molar-refractivity contribution in [1.82, 2.24) is 9.80 Å². The second kappa shape index (κ2) is 18.4. The van der Waals surface area contributed by atoms with E-state index in [0.29, 0.717) is 43.9 Å². The van der Waals surface area contributed by atoms with E-state index in [-0.39, 0.29) is 24.4 Å². The summed E-state index contributed by atoms with van der Waals surface area (Å²) in [6.07, 6.45) is 8.07. The van der Waals surface area contributed by atoms with Crippen LogP contribution in [-0.2, 0) is 25.5 Å². The highest BCUT2D eigenvalue weighted by Gasteiger charge is 2.40. The summed E-state index contributed by atoms with van der Waals surface area (Å²) in [5.41, 5.74) is 1.87. The number of hydrogen-bond donors (Lipinski definition) is 1. The predicted molar refractivity (Wildman–Crippen MR) is 182 cm³/mol. The fraction of sp³-hybridized carbons (Fsp3) is 0.632. The molecule has 0 spiro atoms. The Hall–Kier alpha value is -3.34. The van der Waals surface area contributed by atoms with Gasteiger partial charge in [0.1, 0.15) is 24.5 Å². The average Bonchev–Trinajstić information content (AvgIpc) is 3.14. The Balaban J connectivity index is 1.32. The van der Waals surface area contributed by atoms with Crippen molar-refractivity contribution in [1.29, 1.82) is 0 Å². The number of benzene rings is 2. The van der Waals surface area contributed by atoms with Crippen LogP contribution in [0.5, 0.6) is 17.2 Å². The molecule has 5 rings (SSSR count). The van der Waals surface area contributed by atoms with Gasteiger partial charge >= 0.3 is 5.97 Å². The Bertz CT molecular complexity index is 1310. The fourth-order valence-corrected chi connectivity index (χ4v) is 7.39. The van der Waals surface area contributed by atoms with Crippen LogP contribution in [0.2, 0.25) is 0 Å². The van der Waals surface area contributed by atoms with Crippen LogP contribution in [0.25, 0.3) is 0 Å². The van der Waals surface area contributed by atoms with Crippen molar-refractivity contribution in [2.45, 2.75) is 76.4 Å². The Kier molecular flexibility index (Phi) is 13.8. The Morgan fingerprint density at radius 2 is 1.69 bits per heavy atom. The van der Waals surface area contributed by atoms with E-state index in [1.807, 2.05) is 42.5 Å². The molecule has 3 aliphatic rings. The van der Waals surface area contributed by atoms with Crippen molar-refractivity contribution in [3.63, 3.8) is 0 Å². The first-order valence-corrected chi connectivity index (χ1v) is 17.9. The quantitative estimate of drug-likeness (QED) is 0.257. The monoisotopic (exact) mass is 666 g/mol. The van der Waals surface area contributed by atoms with Crippen LogP contribution in [0.1, 0.15) is 75.0 Å². The lowest BCUT2D eigenvalue weighted by molar-refractivity contribution is -0.164. The number of nitrogens with zero attached hydrogens (tertiary/aromatic N) is 2. The summed E-state index contributed by atoms with van der Waals surface area (Å²) in [6, 6.07) is 12.9. The van der Waals surface area contributed by atoms with Crippen molar-refractivity contribution in [2.75, 3.05) is 66.8 Å². The van der Waals surface area contributed by atoms with E-state index in [1.54, 1.807) is 19.1 Å². The van der Waals surface area contributed by atoms with E-state index < -0.39 is 18.1 Å². The van der Waals surface area contributed by atoms with Crippen LogP contribution in [0, 0.1) is 11.8 Å². The zero-order valence-electron chi connectivity index (χ0n) is 28.8. The maximum Gasteiger partial charge on any atom is 0.329 e. The van der Waals surface area contributed by atoms with Gasteiger partial charge in [0.15, 0.2) is 11.5 Å². The number of aliphatic hydroxyl groups is 1. The number of piperidine rings is 1. The lowest BCUT2D eigenvalue weighted by atomic mass is 9.79. The lowest BCUT2D eigenvalue weighted by Crippen LogP contribution is -2.52. The van der Waals surface area contributed by atoms with Crippen LogP contribution < -0.4 is 14.2 Å². The number of aliphatic hydroxyl groups excluding tert-OH is 1. The zero-order valence-corrected chi connectivity index (χ0v) is 28.8. The minimum Gasteiger partial charge on any atom is -0.493 e. The number of amides is 1. The molecule has 2 aliphatic heterocycles. The summed E-state index contributed by atoms with van der Waals surface area (Å²) >= 11 is 0. The van der Waals surface area contributed by atoms with Crippen LogP contribution in [-0.4, -0.2) is 99.7 Å². The number of rotatable bonds is 15. The molecule has 3 atom stereocenters. The molecule has 0 aromatic heterocycles. The first kappa shape index (κ1) is 36.0. The van der Waals surface area contributed by atoms with Crippen molar-refractivity contribution < 1.29 is 38.4 Å². The molecule has 1 saturated carbocycles. The van der Waals surface area contributed by atoms with Gasteiger partial charge in [0.05, 0.1) is 40.0 Å². The minimum absolute atomic E-state index is 0.108. The molecule has 2 heterocycles. The van der Waals surface area contributed by atoms with Gasteiger partial charge in [-0.3, -0.25) is 9.69 Å². The molecule has 2 saturated heterocycles. The highest BCUT2D eigenvalue weighted by Crippen LogP contribution is 2.35. The summed E-state index contributed by atoms with van der Waals surface area (Å²) in [6.45, 7) is 4.97. The van der Waals surface area contributed by atoms with Crippen molar-refractivity contribution in [2.24, 2.45) is 11.8 Å². The van der Waals surface area contributed by atoms with Gasteiger partial charge in [0, 0.05) is 26.2 Å². The average molecular weight is 667 g/mol. The molecule has 1 N–H and O–H groups in total. The number of methoxy groups -OCH3 is 2. The summed E-state index contributed by atoms with van der Waals surface area (Å²) in [5, 5.41) is 10.3.